The van der Waals surface area contributed by atoms with E-state index in [0.29, 0.717) is 9.04 Å². The Morgan fingerprint density at radius 2 is 1.94 bits per heavy atom. The first-order valence-corrected chi connectivity index (χ1v) is 11.5. The molecular formula is C19H19BrF4N2O4S. The number of pyridine rings is 1. The van der Waals surface area contributed by atoms with Crippen LogP contribution in [0.1, 0.15) is 36.0 Å². The second-order valence-electron chi connectivity index (χ2n) is 7.48. The van der Waals surface area contributed by atoms with Crippen LogP contribution < -0.4 is 10.3 Å². The summed E-state index contributed by atoms with van der Waals surface area (Å²) in [4.78, 5) is 12.3. The Kier molecular flexibility index (Phi) is 6.29. The zero-order chi connectivity index (χ0) is 23.2. The van der Waals surface area contributed by atoms with Crippen LogP contribution in [0, 0.1) is 5.82 Å². The van der Waals surface area contributed by atoms with Crippen molar-refractivity contribution in [2.45, 2.75) is 36.6 Å². The van der Waals surface area contributed by atoms with Crippen molar-refractivity contribution in [2.75, 3.05) is 11.3 Å². The van der Waals surface area contributed by atoms with Crippen molar-refractivity contribution in [3.05, 3.63) is 61.7 Å². The lowest BCUT2D eigenvalue weighted by Crippen LogP contribution is -2.34. The largest absolute Gasteiger partial charge is 0.422 e. The zero-order valence-electron chi connectivity index (χ0n) is 16.3. The SMILES string of the molecule is Cn1cc(NS(=O)(=O)C2(CCO)CC2)c(Cc2ccc(Br)cc2F)c(C(F)(F)F)c1=O. The maximum absolute atomic E-state index is 14.4. The van der Waals surface area contributed by atoms with E-state index >= 15 is 0 Å². The van der Waals surface area contributed by atoms with Gasteiger partial charge < -0.3 is 9.67 Å². The second-order valence-corrected chi connectivity index (χ2v) is 10.5. The summed E-state index contributed by atoms with van der Waals surface area (Å²) in [6.45, 7) is -0.404. The molecule has 0 spiro atoms. The number of rotatable bonds is 7. The molecule has 1 fully saturated rings. The molecule has 0 bridgehead atoms. The number of nitrogens with zero attached hydrogens (tertiary/aromatic N) is 1. The zero-order valence-corrected chi connectivity index (χ0v) is 18.7. The maximum Gasteiger partial charge on any atom is 0.422 e. The number of anilines is 1. The van der Waals surface area contributed by atoms with Crippen molar-refractivity contribution in [1.29, 1.82) is 0 Å². The summed E-state index contributed by atoms with van der Waals surface area (Å²) in [5, 5.41) is 9.17. The van der Waals surface area contributed by atoms with Gasteiger partial charge >= 0.3 is 6.18 Å². The highest BCUT2D eigenvalue weighted by Gasteiger charge is 2.54. The van der Waals surface area contributed by atoms with Gasteiger partial charge in [-0.1, -0.05) is 22.0 Å². The molecule has 1 heterocycles. The minimum atomic E-state index is -5.10. The maximum atomic E-state index is 14.4. The summed E-state index contributed by atoms with van der Waals surface area (Å²) in [7, 11) is -3.11. The highest BCUT2D eigenvalue weighted by atomic mass is 79.9. The Morgan fingerprint density at radius 1 is 1.29 bits per heavy atom. The van der Waals surface area contributed by atoms with Gasteiger partial charge in [0.15, 0.2) is 0 Å². The molecule has 0 amide bonds. The van der Waals surface area contributed by atoms with E-state index in [4.69, 9.17) is 0 Å². The second kappa shape index (κ2) is 8.21. The van der Waals surface area contributed by atoms with E-state index in [1.807, 2.05) is 0 Å². The van der Waals surface area contributed by atoms with Crippen LogP contribution in [0.5, 0.6) is 0 Å². The molecule has 31 heavy (non-hydrogen) atoms. The third kappa shape index (κ3) is 4.65. The van der Waals surface area contributed by atoms with Gasteiger partial charge in [-0.2, -0.15) is 13.2 Å². The molecule has 2 aromatic rings. The topological polar surface area (TPSA) is 88.4 Å². The number of halogens is 5. The quantitative estimate of drug-likeness (QED) is 0.540. The average molecular weight is 527 g/mol. The number of sulfonamides is 1. The normalized spacial score (nSPS) is 15.7. The van der Waals surface area contributed by atoms with E-state index < -0.39 is 62.2 Å². The number of hydrogen-bond acceptors (Lipinski definition) is 4. The van der Waals surface area contributed by atoms with Crippen molar-refractivity contribution >= 4 is 31.6 Å². The van der Waals surface area contributed by atoms with E-state index in [9.17, 15) is 35.9 Å². The number of aryl methyl sites for hydroxylation is 1. The number of benzene rings is 1. The highest BCUT2D eigenvalue weighted by Crippen LogP contribution is 2.47. The first-order valence-electron chi connectivity index (χ1n) is 9.18. The van der Waals surface area contributed by atoms with E-state index in [1.54, 1.807) is 0 Å². The van der Waals surface area contributed by atoms with Crippen LogP contribution in [0.4, 0.5) is 23.2 Å². The van der Waals surface area contributed by atoms with E-state index in [0.717, 1.165) is 19.3 Å². The Morgan fingerprint density at radius 3 is 2.45 bits per heavy atom. The van der Waals surface area contributed by atoms with Gasteiger partial charge in [-0.3, -0.25) is 9.52 Å². The van der Waals surface area contributed by atoms with Crippen LogP contribution in [0.2, 0.25) is 0 Å². The summed E-state index contributed by atoms with van der Waals surface area (Å²) < 4.78 is 83.4. The predicted molar refractivity (Wildman–Crippen MR) is 110 cm³/mol. The number of aromatic nitrogens is 1. The first kappa shape index (κ1) is 23.7. The van der Waals surface area contributed by atoms with Gasteiger partial charge in [-0.15, -0.1) is 0 Å². The third-order valence-corrected chi connectivity index (χ3v) is 8.07. The van der Waals surface area contributed by atoms with Gasteiger partial charge in [-0.05, 0) is 37.0 Å². The molecule has 0 saturated heterocycles. The van der Waals surface area contributed by atoms with E-state index in [2.05, 4.69) is 20.7 Å². The lowest BCUT2D eigenvalue weighted by molar-refractivity contribution is -0.139. The van der Waals surface area contributed by atoms with Gasteiger partial charge in [0.05, 0.1) is 10.4 Å². The molecule has 170 valence electrons. The van der Waals surface area contributed by atoms with Gasteiger partial charge in [0.2, 0.25) is 10.0 Å². The van der Waals surface area contributed by atoms with Crippen LogP contribution in [-0.4, -0.2) is 29.4 Å². The summed E-state index contributed by atoms with van der Waals surface area (Å²) in [6.07, 6.45) is -4.38. The number of nitrogens with one attached hydrogen (secondary N) is 1. The molecule has 1 aromatic heterocycles. The minimum Gasteiger partial charge on any atom is -0.396 e. The molecule has 0 unspecified atom stereocenters. The molecule has 0 aliphatic heterocycles. The van der Waals surface area contributed by atoms with Crippen LogP contribution in [-0.2, 0) is 29.7 Å². The molecule has 12 heteroatoms. The summed E-state index contributed by atoms with van der Waals surface area (Å²) in [5.41, 5.74) is -4.20. The van der Waals surface area contributed by atoms with E-state index in [-0.39, 0.29) is 24.8 Å². The van der Waals surface area contributed by atoms with Crippen molar-refractivity contribution in [3.8, 4) is 0 Å². The van der Waals surface area contributed by atoms with Crippen molar-refractivity contribution in [3.63, 3.8) is 0 Å². The van der Waals surface area contributed by atoms with E-state index in [1.165, 1.54) is 12.1 Å². The van der Waals surface area contributed by atoms with Crippen LogP contribution in [0.25, 0.3) is 0 Å². The van der Waals surface area contributed by atoms with Crippen molar-refractivity contribution in [2.24, 2.45) is 7.05 Å². The van der Waals surface area contributed by atoms with Crippen molar-refractivity contribution in [1.82, 2.24) is 4.57 Å². The lowest BCUT2D eigenvalue weighted by Gasteiger charge is -2.22. The smallest absolute Gasteiger partial charge is 0.396 e. The molecule has 3 rings (SSSR count). The standard InChI is InChI=1S/C19H19BrF4N2O4S/c1-26-10-15(25-31(29,30)18(4-5-18)6-7-27)13(16(17(26)28)19(22,23)24)8-11-2-3-12(20)9-14(11)21/h2-3,9-10,25,27H,4-8H2,1H3. The van der Waals surface area contributed by atoms with Crippen LogP contribution in [0.3, 0.4) is 0 Å². The molecular weight excluding hydrogens is 508 g/mol. The Bertz CT molecular complexity index is 1170. The monoisotopic (exact) mass is 526 g/mol. The van der Waals surface area contributed by atoms with Crippen LogP contribution >= 0.6 is 15.9 Å². The lowest BCUT2D eigenvalue weighted by atomic mass is 9.99. The Hall–Kier alpha value is -1.92. The fourth-order valence-electron chi connectivity index (χ4n) is 3.44. The Balaban J connectivity index is 2.19. The molecule has 1 aliphatic carbocycles. The summed E-state index contributed by atoms with van der Waals surface area (Å²) in [6, 6.07) is 3.74. The van der Waals surface area contributed by atoms with Gasteiger partial charge in [-0.25, -0.2) is 12.8 Å². The minimum absolute atomic E-state index is 0.0725. The molecule has 1 aliphatic rings. The van der Waals surface area contributed by atoms with Crippen molar-refractivity contribution < 1.29 is 31.1 Å². The summed E-state index contributed by atoms with van der Waals surface area (Å²) >= 11 is 3.06. The van der Waals surface area contributed by atoms with Gasteiger partial charge in [0, 0.05) is 36.3 Å². The number of alkyl halides is 3. The summed E-state index contributed by atoms with van der Waals surface area (Å²) in [5.74, 6) is -0.809. The Labute approximate surface area is 184 Å². The van der Waals surface area contributed by atoms with Crippen LogP contribution in [0.15, 0.2) is 33.7 Å². The molecule has 0 radical (unpaired) electrons. The molecule has 2 N–H and O–H groups in total. The van der Waals surface area contributed by atoms with Gasteiger partial charge in [0.1, 0.15) is 11.4 Å². The number of hydrogen-bond donors (Lipinski definition) is 2. The first-order chi connectivity index (χ1) is 14.3. The molecule has 1 aromatic carbocycles. The average Bonchev–Trinajstić information content (AvgIpc) is 3.42. The fourth-order valence-corrected chi connectivity index (χ4v) is 5.45. The van der Waals surface area contributed by atoms with Gasteiger partial charge in [0.25, 0.3) is 5.56 Å². The molecule has 6 nitrogen and oxygen atoms in total. The fraction of sp³-hybridized carbons (Fsp3) is 0.421. The molecule has 1 saturated carbocycles. The highest BCUT2D eigenvalue weighted by molar-refractivity contribution is 9.10. The number of aliphatic hydroxyl groups is 1. The third-order valence-electron chi connectivity index (χ3n) is 5.34. The predicted octanol–water partition coefficient (Wildman–Crippen LogP) is 3.55. The molecule has 0 atom stereocenters. The number of aliphatic hydroxyl groups excluding tert-OH is 1.